The number of carbonyl (C=O) groups excluding carboxylic acids is 1. The molecule has 0 unspecified atom stereocenters. The maximum atomic E-state index is 13.3. The summed E-state index contributed by atoms with van der Waals surface area (Å²) >= 11 is 5.98. The fourth-order valence-electron chi connectivity index (χ4n) is 3.42. The highest BCUT2D eigenvalue weighted by atomic mass is 35.5. The van der Waals surface area contributed by atoms with E-state index < -0.39 is 4.92 Å². The third kappa shape index (κ3) is 4.55. The summed E-state index contributed by atoms with van der Waals surface area (Å²) in [5, 5.41) is 11.6. The van der Waals surface area contributed by atoms with E-state index in [0.29, 0.717) is 40.8 Å². The first-order valence-electron chi connectivity index (χ1n) is 9.78. The second-order valence-corrected chi connectivity index (χ2v) is 7.80. The molecule has 8 nitrogen and oxygen atoms in total. The molecule has 9 heteroatoms. The molecule has 0 bridgehead atoms. The molecule has 1 amide bonds. The van der Waals surface area contributed by atoms with Crippen LogP contribution in [0.2, 0.25) is 5.02 Å². The van der Waals surface area contributed by atoms with Gasteiger partial charge in [-0.2, -0.15) is 0 Å². The standard InChI is InChI=1S/C22H20ClN5O3/c1-26-10-12-27(13-11-26)22(29)19-14-24-21(16-2-6-17(23)7-3-16)25-20(19)15-4-8-18(9-5-15)28(30)31/h2-9,14H,10-13H2,1H3. The molecule has 4 rings (SSSR count). The van der Waals surface area contributed by atoms with Gasteiger partial charge < -0.3 is 9.80 Å². The van der Waals surface area contributed by atoms with Crippen LogP contribution in [-0.4, -0.2) is 63.8 Å². The van der Waals surface area contributed by atoms with Crippen LogP contribution in [-0.2, 0) is 0 Å². The summed E-state index contributed by atoms with van der Waals surface area (Å²) in [5.41, 5.74) is 2.16. The Morgan fingerprint density at radius 1 is 1.00 bits per heavy atom. The van der Waals surface area contributed by atoms with Crippen molar-refractivity contribution in [1.82, 2.24) is 19.8 Å². The number of halogens is 1. The maximum Gasteiger partial charge on any atom is 0.269 e. The Labute approximate surface area is 184 Å². The average molecular weight is 438 g/mol. The van der Waals surface area contributed by atoms with Crippen LogP contribution in [0.5, 0.6) is 0 Å². The number of piperazine rings is 1. The third-order valence-corrected chi connectivity index (χ3v) is 5.52. The molecule has 0 radical (unpaired) electrons. The van der Waals surface area contributed by atoms with Gasteiger partial charge in [0.2, 0.25) is 0 Å². The van der Waals surface area contributed by atoms with Gasteiger partial charge in [-0.15, -0.1) is 0 Å². The van der Waals surface area contributed by atoms with Crippen LogP contribution >= 0.6 is 11.6 Å². The summed E-state index contributed by atoms with van der Waals surface area (Å²) in [6, 6.07) is 13.1. The van der Waals surface area contributed by atoms with Gasteiger partial charge in [0.05, 0.1) is 16.2 Å². The highest BCUT2D eigenvalue weighted by molar-refractivity contribution is 6.30. The molecule has 3 aromatic rings. The fourth-order valence-corrected chi connectivity index (χ4v) is 3.54. The first-order chi connectivity index (χ1) is 14.9. The minimum atomic E-state index is -0.459. The van der Waals surface area contributed by atoms with Crippen molar-refractivity contribution < 1.29 is 9.72 Å². The SMILES string of the molecule is CN1CCN(C(=O)c2cnc(-c3ccc(Cl)cc3)nc2-c2ccc([N+](=O)[O-])cc2)CC1. The number of nitrogens with zero attached hydrogens (tertiary/aromatic N) is 5. The largest absolute Gasteiger partial charge is 0.336 e. The maximum absolute atomic E-state index is 13.3. The predicted octanol–water partition coefficient (Wildman–Crippen LogP) is 3.76. The molecular formula is C22H20ClN5O3. The van der Waals surface area contributed by atoms with Crippen LogP contribution < -0.4 is 0 Å². The molecule has 0 saturated carbocycles. The second-order valence-electron chi connectivity index (χ2n) is 7.36. The second kappa shape index (κ2) is 8.79. The number of rotatable bonds is 4. The summed E-state index contributed by atoms with van der Waals surface area (Å²) in [7, 11) is 2.02. The number of carbonyl (C=O) groups is 1. The molecule has 2 heterocycles. The molecule has 1 fully saturated rings. The van der Waals surface area contributed by atoms with Crippen molar-refractivity contribution in [3.63, 3.8) is 0 Å². The number of amides is 1. The fraction of sp³-hybridized carbons (Fsp3) is 0.227. The summed E-state index contributed by atoms with van der Waals surface area (Å²) in [6.45, 7) is 2.83. The minimum Gasteiger partial charge on any atom is -0.336 e. The Morgan fingerprint density at radius 3 is 2.23 bits per heavy atom. The zero-order chi connectivity index (χ0) is 22.0. The van der Waals surface area contributed by atoms with Crippen molar-refractivity contribution in [3.8, 4) is 22.6 Å². The molecule has 31 heavy (non-hydrogen) atoms. The summed E-state index contributed by atoms with van der Waals surface area (Å²) in [5.74, 6) is 0.295. The Bertz CT molecular complexity index is 1110. The quantitative estimate of drug-likeness (QED) is 0.455. The molecular weight excluding hydrogens is 418 g/mol. The Balaban J connectivity index is 1.77. The molecule has 1 aliphatic heterocycles. The van der Waals surface area contributed by atoms with E-state index in [2.05, 4.69) is 14.9 Å². The van der Waals surface area contributed by atoms with Crippen LogP contribution in [0.15, 0.2) is 54.7 Å². The molecule has 2 aromatic carbocycles. The molecule has 0 aliphatic carbocycles. The van der Waals surface area contributed by atoms with E-state index >= 15 is 0 Å². The molecule has 1 saturated heterocycles. The van der Waals surface area contributed by atoms with Gasteiger partial charge in [-0.25, -0.2) is 9.97 Å². The number of hydrogen-bond acceptors (Lipinski definition) is 6. The molecule has 1 aromatic heterocycles. The van der Waals surface area contributed by atoms with Crippen molar-refractivity contribution in [3.05, 3.63) is 75.4 Å². The van der Waals surface area contributed by atoms with E-state index in [-0.39, 0.29) is 11.6 Å². The molecule has 0 atom stereocenters. The number of nitro benzene ring substituents is 1. The lowest BCUT2D eigenvalue weighted by Gasteiger charge is -2.32. The van der Waals surface area contributed by atoms with Gasteiger partial charge in [-0.3, -0.25) is 14.9 Å². The normalized spacial score (nSPS) is 14.5. The van der Waals surface area contributed by atoms with Crippen molar-refractivity contribution >= 4 is 23.2 Å². The lowest BCUT2D eigenvalue weighted by atomic mass is 10.0. The monoisotopic (exact) mass is 437 g/mol. The molecule has 0 spiro atoms. The topological polar surface area (TPSA) is 92.5 Å². The highest BCUT2D eigenvalue weighted by Crippen LogP contribution is 2.28. The lowest BCUT2D eigenvalue weighted by Crippen LogP contribution is -2.47. The summed E-state index contributed by atoms with van der Waals surface area (Å²) in [4.78, 5) is 36.9. The Morgan fingerprint density at radius 2 is 1.61 bits per heavy atom. The third-order valence-electron chi connectivity index (χ3n) is 5.26. The van der Waals surface area contributed by atoms with Crippen molar-refractivity contribution in [2.45, 2.75) is 0 Å². The Kier molecular flexibility index (Phi) is 5.92. The zero-order valence-electron chi connectivity index (χ0n) is 16.9. The van der Waals surface area contributed by atoms with E-state index in [9.17, 15) is 14.9 Å². The van der Waals surface area contributed by atoms with E-state index in [0.717, 1.165) is 18.7 Å². The van der Waals surface area contributed by atoms with Crippen LogP contribution in [0.4, 0.5) is 5.69 Å². The number of hydrogen-bond donors (Lipinski definition) is 0. The molecule has 0 N–H and O–H groups in total. The van der Waals surface area contributed by atoms with E-state index in [1.165, 1.54) is 18.3 Å². The van der Waals surface area contributed by atoms with Crippen molar-refractivity contribution in [1.29, 1.82) is 0 Å². The number of likely N-dealkylation sites (N-methyl/N-ethyl adjacent to an activating group) is 1. The first-order valence-corrected chi connectivity index (χ1v) is 10.2. The van der Waals surface area contributed by atoms with Gasteiger partial charge in [0.1, 0.15) is 0 Å². The van der Waals surface area contributed by atoms with Gasteiger partial charge in [-0.05, 0) is 43.4 Å². The van der Waals surface area contributed by atoms with Crippen molar-refractivity contribution in [2.24, 2.45) is 0 Å². The van der Waals surface area contributed by atoms with Crippen LogP contribution in [0, 0.1) is 10.1 Å². The Hall–Kier alpha value is -3.36. The van der Waals surface area contributed by atoms with E-state index in [1.54, 1.807) is 41.3 Å². The van der Waals surface area contributed by atoms with Crippen LogP contribution in [0.25, 0.3) is 22.6 Å². The van der Waals surface area contributed by atoms with E-state index in [4.69, 9.17) is 11.6 Å². The van der Waals surface area contributed by atoms with Gasteiger partial charge in [0.25, 0.3) is 11.6 Å². The first kappa shape index (κ1) is 20.9. The predicted molar refractivity (Wildman–Crippen MR) is 118 cm³/mol. The van der Waals surface area contributed by atoms with E-state index in [1.807, 2.05) is 7.05 Å². The number of non-ortho nitro benzene ring substituents is 1. The number of nitro groups is 1. The average Bonchev–Trinajstić information content (AvgIpc) is 2.79. The highest BCUT2D eigenvalue weighted by Gasteiger charge is 2.25. The van der Waals surface area contributed by atoms with Gasteiger partial charge in [0, 0.05) is 60.7 Å². The summed E-state index contributed by atoms with van der Waals surface area (Å²) in [6.07, 6.45) is 1.54. The lowest BCUT2D eigenvalue weighted by molar-refractivity contribution is -0.384. The number of aromatic nitrogens is 2. The van der Waals surface area contributed by atoms with Gasteiger partial charge in [0.15, 0.2) is 5.82 Å². The van der Waals surface area contributed by atoms with Crippen molar-refractivity contribution in [2.75, 3.05) is 33.2 Å². The number of benzene rings is 2. The zero-order valence-corrected chi connectivity index (χ0v) is 17.6. The van der Waals surface area contributed by atoms with Crippen LogP contribution in [0.3, 0.4) is 0 Å². The van der Waals surface area contributed by atoms with Gasteiger partial charge >= 0.3 is 0 Å². The minimum absolute atomic E-state index is 0.0253. The summed E-state index contributed by atoms with van der Waals surface area (Å²) < 4.78 is 0. The smallest absolute Gasteiger partial charge is 0.269 e. The van der Waals surface area contributed by atoms with Gasteiger partial charge in [-0.1, -0.05) is 11.6 Å². The molecule has 1 aliphatic rings. The van der Waals surface area contributed by atoms with Crippen LogP contribution in [0.1, 0.15) is 10.4 Å². The molecule has 158 valence electrons.